The lowest BCUT2D eigenvalue weighted by Crippen LogP contribution is -2.25. The molecule has 5 heteroatoms. The summed E-state index contributed by atoms with van der Waals surface area (Å²) in [5.74, 6) is 0.766. The van der Waals surface area contributed by atoms with Crippen LogP contribution in [0.25, 0.3) is 0 Å². The van der Waals surface area contributed by atoms with Gasteiger partial charge in [-0.3, -0.25) is 4.79 Å². The van der Waals surface area contributed by atoms with E-state index < -0.39 is 0 Å². The second kappa shape index (κ2) is 4.49. The van der Waals surface area contributed by atoms with Crippen molar-refractivity contribution in [1.82, 2.24) is 10.1 Å². The van der Waals surface area contributed by atoms with Crippen molar-refractivity contribution in [3.05, 3.63) is 39.9 Å². The smallest absolute Gasteiger partial charge is 0.264 e. The van der Waals surface area contributed by atoms with E-state index in [-0.39, 0.29) is 5.91 Å². The molecule has 4 nitrogen and oxygen atoms in total. The van der Waals surface area contributed by atoms with Crippen LogP contribution in [-0.2, 0) is 6.54 Å². The molecule has 84 valence electrons. The van der Waals surface area contributed by atoms with Crippen LogP contribution in [0, 0.1) is 6.92 Å². The Kier molecular flexibility index (Phi) is 3.05. The number of amides is 1. The first kappa shape index (κ1) is 10.9. The van der Waals surface area contributed by atoms with E-state index in [9.17, 15) is 4.79 Å². The Hall–Kier alpha value is -1.62. The minimum absolute atomic E-state index is 0.00986. The second-order valence-corrected chi connectivity index (χ2v) is 4.52. The van der Waals surface area contributed by atoms with E-state index in [2.05, 4.69) is 5.16 Å². The summed E-state index contributed by atoms with van der Waals surface area (Å²) in [5.41, 5.74) is 0.768. The predicted molar refractivity (Wildman–Crippen MR) is 61.4 cm³/mol. The van der Waals surface area contributed by atoms with E-state index in [1.54, 1.807) is 11.9 Å². The van der Waals surface area contributed by atoms with E-state index in [1.807, 2.05) is 30.5 Å². The highest BCUT2D eigenvalue weighted by atomic mass is 32.1. The fraction of sp³-hybridized carbons (Fsp3) is 0.273. The van der Waals surface area contributed by atoms with Crippen molar-refractivity contribution in [1.29, 1.82) is 0 Å². The number of carbonyl (C=O) groups excluding carboxylic acids is 1. The fourth-order valence-electron chi connectivity index (χ4n) is 1.40. The largest absolute Gasteiger partial charge is 0.361 e. The van der Waals surface area contributed by atoms with Gasteiger partial charge in [0.15, 0.2) is 0 Å². The molecular formula is C11H12N2O2S. The van der Waals surface area contributed by atoms with Crippen LogP contribution in [-0.4, -0.2) is 23.0 Å². The van der Waals surface area contributed by atoms with Crippen LogP contribution in [0.1, 0.15) is 21.1 Å². The Balaban J connectivity index is 2.03. The van der Waals surface area contributed by atoms with Crippen LogP contribution < -0.4 is 0 Å². The molecular weight excluding hydrogens is 224 g/mol. The average Bonchev–Trinajstić information content (AvgIpc) is 2.88. The number of aromatic nitrogens is 1. The molecule has 2 aromatic heterocycles. The number of carbonyl (C=O) groups is 1. The van der Waals surface area contributed by atoms with Crippen LogP contribution in [0.4, 0.5) is 0 Å². The van der Waals surface area contributed by atoms with E-state index in [1.165, 1.54) is 11.3 Å². The summed E-state index contributed by atoms with van der Waals surface area (Å²) in [6.07, 6.45) is 0. The van der Waals surface area contributed by atoms with E-state index in [0.717, 1.165) is 16.3 Å². The number of nitrogens with zero attached hydrogens (tertiary/aromatic N) is 2. The second-order valence-electron chi connectivity index (χ2n) is 3.57. The maximum Gasteiger partial charge on any atom is 0.264 e. The third-order valence-electron chi connectivity index (χ3n) is 2.15. The van der Waals surface area contributed by atoms with Gasteiger partial charge in [-0.15, -0.1) is 11.3 Å². The summed E-state index contributed by atoms with van der Waals surface area (Å²) in [7, 11) is 1.76. The van der Waals surface area contributed by atoms with E-state index in [0.29, 0.717) is 6.54 Å². The number of hydrogen-bond acceptors (Lipinski definition) is 4. The van der Waals surface area contributed by atoms with Gasteiger partial charge in [0.2, 0.25) is 0 Å². The highest BCUT2D eigenvalue weighted by Crippen LogP contribution is 2.13. The van der Waals surface area contributed by atoms with Crippen LogP contribution in [0.2, 0.25) is 0 Å². The van der Waals surface area contributed by atoms with Crippen LogP contribution in [0.3, 0.4) is 0 Å². The third-order valence-corrected chi connectivity index (χ3v) is 3.01. The van der Waals surface area contributed by atoms with Gasteiger partial charge in [-0.05, 0) is 18.4 Å². The lowest BCUT2D eigenvalue weighted by Gasteiger charge is -2.13. The zero-order valence-corrected chi connectivity index (χ0v) is 9.95. The van der Waals surface area contributed by atoms with Crippen molar-refractivity contribution in [2.45, 2.75) is 13.5 Å². The summed E-state index contributed by atoms with van der Waals surface area (Å²) >= 11 is 1.44. The number of aryl methyl sites for hydroxylation is 1. The molecule has 0 bridgehead atoms. The van der Waals surface area contributed by atoms with E-state index >= 15 is 0 Å². The molecule has 0 aliphatic rings. The van der Waals surface area contributed by atoms with E-state index in [4.69, 9.17) is 4.52 Å². The van der Waals surface area contributed by atoms with Gasteiger partial charge in [0.05, 0.1) is 11.4 Å². The Morgan fingerprint density at radius 2 is 2.44 bits per heavy atom. The van der Waals surface area contributed by atoms with Gasteiger partial charge >= 0.3 is 0 Å². The molecule has 2 heterocycles. The van der Waals surface area contributed by atoms with Crippen molar-refractivity contribution >= 4 is 17.2 Å². The Labute approximate surface area is 97.5 Å². The minimum atomic E-state index is 0.00986. The molecule has 2 rings (SSSR count). The van der Waals surface area contributed by atoms with Crippen LogP contribution in [0.15, 0.2) is 28.1 Å². The molecule has 0 saturated carbocycles. The highest BCUT2D eigenvalue weighted by Gasteiger charge is 2.14. The first-order valence-electron chi connectivity index (χ1n) is 4.88. The maximum atomic E-state index is 11.9. The van der Waals surface area contributed by atoms with Crippen molar-refractivity contribution in [2.24, 2.45) is 0 Å². The molecule has 0 saturated heterocycles. The molecule has 0 unspecified atom stereocenters. The molecule has 0 aliphatic heterocycles. The van der Waals surface area contributed by atoms with Crippen molar-refractivity contribution < 1.29 is 9.32 Å². The zero-order valence-electron chi connectivity index (χ0n) is 9.14. The zero-order chi connectivity index (χ0) is 11.5. The Bertz CT molecular complexity index is 476. The van der Waals surface area contributed by atoms with Gasteiger partial charge in [0.25, 0.3) is 5.91 Å². The average molecular weight is 236 g/mol. The van der Waals surface area contributed by atoms with Crippen molar-refractivity contribution in [3.63, 3.8) is 0 Å². The van der Waals surface area contributed by atoms with Gasteiger partial charge in [-0.2, -0.15) is 0 Å². The van der Waals surface area contributed by atoms with Gasteiger partial charge in [-0.25, -0.2) is 0 Å². The molecule has 1 amide bonds. The highest BCUT2D eigenvalue weighted by molar-refractivity contribution is 7.12. The monoisotopic (exact) mass is 236 g/mol. The van der Waals surface area contributed by atoms with Crippen LogP contribution in [0.5, 0.6) is 0 Å². The summed E-state index contributed by atoms with van der Waals surface area (Å²) in [4.78, 5) is 14.3. The molecule has 0 spiro atoms. The first-order chi connectivity index (χ1) is 7.66. The van der Waals surface area contributed by atoms with Gasteiger partial charge in [0.1, 0.15) is 11.5 Å². The van der Waals surface area contributed by atoms with Gasteiger partial charge < -0.3 is 9.42 Å². The fourth-order valence-corrected chi connectivity index (χ4v) is 2.11. The minimum Gasteiger partial charge on any atom is -0.361 e. The lowest BCUT2D eigenvalue weighted by molar-refractivity contribution is 0.0787. The quantitative estimate of drug-likeness (QED) is 0.821. The summed E-state index contributed by atoms with van der Waals surface area (Å²) in [6, 6.07) is 5.52. The normalized spacial score (nSPS) is 10.4. The molecule has 16 heavy (non-hydrogen) atoms. The number of hydrogen-bond donors (Lipinski definition) is 0. The molecule has 0 fully saturated rings. The van der Waals surface area contributed by atoms with Gasteiger partial charge in [0, 0.05) is 13.1 Å². The molecule has 0 aromatic carbocycles. The molecule has 0 atom stereocenters. The predicted octanol–water partition coefficient (Wildman–Crippen LogP) is 2.32. The molecule has 2 aromatic rings. The standard InChI is InChI=1S/C11H12N2O2S/c1-8-6-9(12-15-8)7-13(2)11(14)10-4-3-5-16-10/h3-6H,7H2,1-2H3. The summed E-state index contributed by atoms with van der Waals surface area (Å²) in [6.45, 7) is 2.30. The maximum absolute atomic E-state index is 11.9. The molecule has 0 radical (unpaired) electrons. The Morgan fingerprint density at radius 1 is 1.62 bits per heavy atom. The summed E-state index contributed by atoms with van der Waals surface area (Å²) < 4.78 is 4.95. The van der Waals surface area contributed by atoms with Crippen LogP contribution >= 0.6 is 11.3 Å². The lowest BCUT2D eigenvalue weighted by atomic mass is 10.3. The van der Waals surface area contributed by atoms with Crippen molar-refractivity contribution in [3.8, 4) is 0 Å². The number of thiophene rings is 1. The molecule has 0 N–H and O–H groups in total. The van der Waals surface area contributed by atoms with Gasteiger partial charge in [-0.1, -0.05) is 11.2 Å². The first-order valence-corrected chi connectivity index (χ1v) is 5.76. The topological polar surface area (TPSA) is 46.3 Å². The SMILES string of the molecule is Cc1cc(CN(C)C(=O)c2cccs2)no1. The Morgan fingerprint density at radius 3 is 3.00 bits per heavy atom. The number of rotatable bonds is 3. The third kappa shape index (κ3) is 2.30. The van der Waals surface area contributed by atoms with Crippen molar-refractivity contribution in [2.75, 3.05) is 7.05 Å². The molecule has 0 aliphatic carbocycles. The summed E-state index contributed by atoms with van der Waals surface area (Å²) in [5, 5.41) is 5.74.